The van der Waals surface area contributed by atoms with Crippen molar-refractivity contribution in [1.29, 1.82) is 0 Å². The van der Waals surface area contributed by atoms with Gasteiger partial charge < -0.3 is 15.0 Å². The molecule has 0 spiro atoms. The molecule has 1 aliphatic rings. The van der Waals surface area contributed by atoms with Gasteiger partial charge in [0.15, 0.2) is 0 Å². The van der Waals surface area contributed by atoms with E-state index in [4.69, 9.17) is 22.1 Å². The van der Waals surface area contributed by atoms with Crippen LogP contribution >= 0.6 is 11.6 Å². The highest BCUT2D eigenvalue weighted by Crippen LogP contribution is 2.29. The molecule has 5 heteroatoms. The molecule has 2 N–H and O–H groups in total. The quantitative estimate of drug-likeness (QED) is 0.846. The van der Waals surface area contributed by atoms with Crippen LogP contribution < -0.4 is 5.73 Å². The van der Waals surface area contributed by atoms with Gasteiger partial charge in [-0.3, -0.25) is 0 Å². The van der Waals surface area contributed by atoms with E-state index in [9.17, 15) is 0 Å². The summed E-state index contributed by atoms with van der Waals surface area (Å²) in [5.74, 6) is 1.28. The summed E-state index contributed by atoms with van der Waals surface area (Å²) in [6.07, 6.45) is 2.62. The van der Waals surface area contributed by atoms with Crippen molar-refractivity contribution in [1.82, 2.24) is 9.55 Å². The Morgan fingerprint density at radius 3 is 3.06 bits per heavy atom. The number of fused-ring (bicyclic) bond motifs is 1. The van der Waals surface area contributed by atoms with Crippen molar-refractivity contribution in [2.75, 3.05) is 18.9 Å². The number of hydrogen-bond acceptors (Lipinski definition) is 3. The first kappa shape index (κ1) is 11.8. The van der Waals surface area contributed by atoms with Crippen LogP contribution in [0.15, 0.2) is 18.2 Å². The molecular weight excluding hydrogens is 250 g/mol. The van der Waals surface area contributed by atoms with Crippen molar-refractivity contribution >= 4 is 28.6 Å². The Morgan fingerprint density at radius 2 is 2.28 bits per heavy atom. The van der Waals surface area contributed by atoms with Crippen LogP contribution in [0.4, 0.5) is 5.95 Å². The van der Waals surface area contributed by atoms with E-state index in [1.807, 2.05) is 22.8 Å². The van der Waals surface area contributed by atoms with Crippen molar-refractivity contribution < 1.29 is 4.74 Å². The van der Waals surface area contributed by atoms with Crippen molar-refractivity contribution in [2.24, 2.45) is 5.92 Å². The molecule has 0 unspecified atom stereocenters. The maximum absolute atomic E-state index is 6.09. The zero-order valence-corrected chi connectivity index (χ0v) is 10.9. The number of aromatic nitrogens is 2. The number of rotatable bonds is 5. The number of nitrogens with zero attached hydrogens (tertiary/aromatic N) is 2. The zero-order chi connectivity index (χ0) is 12.5. The summed E-state index contributed by atoms with van der Waals surface area (Å²) < 4.78 is 7.58. The molecule has 2 aromatic rings. The number of para-hydroxylation sites is 1. The Morgan fingerprint density at radius 1 is 1.44 bits per heavy atom. The summed E-state index contributed by atoms with van der Waals surface area (Å²) in [5, 5.41) is 0.636. The van der Waals surface area contributed by atoms with Crippen LogP contribution in [-0.4, -0.2) is 22.8 Å². The lowest BCUT2D eigenvalue weighted by Gasteiger charge is -2.07. The third kappa shape index (κ3) is 2.31. The minimum atomic E-state index is 0.494. The second-order valence-electron chi connectivity index (χ2n) is 4.75. The van der Waals surface area contributed by atoms with Crippen LogP contribution in [0.2, 0.25) is 5.02 Å². The second-order valence-corrected chi connectivity index (χ2v) is 5.15. The molecule has 0 amide bonds. The van der Waals surface area contributed by atoms with Crippen molar-refractivity contribution in [2.45, 2.75) is 19.4 Å². The third-order valence-electron chi connectivity index (χ3n) is 3.27. The van der Waals surface area contributed by atoms with E-state index >= 15 is 0 Å². The first-order valence-corrected chi connectivity index (χ1v) is 6.61. The van der Waals surface area contributed by atoms with Gasteiger partial charge >= 0.3 is 0 Å². The van der Waals surface area contributed by atoms with E-state index in [1.165, 1.54) is 12.8 Å². The smallest absolute Gasteiger partial charge is 0.201 e. The van der Waals surface area contributed by atoms with Gasteiger partial charge in [-0.05, 0) is 30.9 Å². The normalized spacial score (nSPS) is 15.4. The maximum Gasteiger partial charge on any atom is 0.201 e. The molecule has 0 saturated heterocycles. The molecule has 0 bridgehead atoms. The lowest BCUT2D eigenvalue weighted by molar-refractivity contribution is 0.118. The van der Waals surface area contributed by atoms with Gasteiger partial charge in [-0.15, -0.1) is 0 Å². The van der Waals surface area contributed by atoms with Gasteiger partial charge in [-0.2, -0.15) is 0 Å². The van der Waals surface area contributed by atoms with Crippen LogP contribution in [0.3, 0.4) is 0 Å². The Kier molecular flexibility index (Phi) is 3.14. The topological polar surface area (TPSA) is 53.1 Å². The fourth-order valence-electron chi connectivity index (χ4n) is 2.06. The lowest BCUT2D eigenvalue weighted by atomic mass is 10.3. The molecule has 0 radical (unpaired) electrons. The van der Waals surface area contributed by atoms with E-state index in [0.717, 1.165) is 30.1 Å². The summed E-state index contributed by atoms with van der Waals surface area (Å²) in [4.78, 5) is 4.29. The van der Waals surface area contributed by atoms with Gasteiger partial charge in [-0.25, -0.2) is 4.98 Å². The first-order valence-electron chi connectivity index (χ1n) is 6.23. The standard InChI is InChI=1S/C13H16ClN3O/c14-10-2-1-3-11-12(10)16-13(15)17(11)6-7-18-8-9-4-5-9/h1-3,9H,4-8H2,(H2,15,16). The van der Waals surface area contributed by atoms with Gasteiger partial charge in [0.1, 0.15) is 5.52 Å². The highest BCUT2D eigenvalue weighted by molar-refractivity contribution is 6.35. The number of nitrogens with two attached hydrogens (primary N) is 1. The predicted molar refractivity (Wildman–Crippen MR) is 72.7 cm³/mol. The predicted octanol–water partition coefficient (Wildman–Crippen LogP) is 2.70. The van der Waals surface area contributed by atoms with Gasteiger partial charge in [-0.1, -0.05) is 17.7 Å². The minimum Gasteiger partial charge on any atom is -0.379 e. The molecule has 18 heavy (non-hydrogen) atoms. The van der Waals surface area contributed by atoms with E-state index in [1.54, 1.807) is 0 Å². The Balaban J connectivity index is 1.73. The molecule has 3 rings (SSSR count). The SMILES string of the molecule is Nc1nc2c(Cl)cccc2n1CCOCC1CC1. The number of imidazole rings is 1. The van der Waals surface area contributed by atoms with E-state index < -0.39 is 0 Å². The fourth-order valence-corrected chi connectivity index (χ4v) is 2.27. The van der Waals surface area contributed by atoms with Gasteiger partial charge in [0, 0.05) is 13.2 Å². The summed E-state index contributed by atoms with van der Waals surface area (Å²) in [6, 6.07) is 5.71. The van der Waals surface area contributed by atoms with Crippen molar-refractivity contribution in [3.8, 4) is 0 Å². The van der Waals surface area contributed by atoms with Gasteiger partial charge in [0.2, 0.25) is 5.95 Å². The van der Waals surface area contributed by atoms with E-state index in [-0.39, 0.29) is 0 Å². The molecule has 1 aromatic heterocycles. The number of halogens is 1. The van der Waals surface area contributed by atoms with Crippen LogP contribution in [0, 0.1) is 5.92 Å². The van der Waals surface area contributed by atoms with Crippen molar-refractivity contribution in [3.05, 3.63) is 23.2 Å². The van der Waals surface area contributed by atoms with E-state index in [0.29, 0.717) is 17.6 Å². The van der Waals surface area contributed by atoms with Crippen LogP contribution in [0.25, 0.3) is 11.0 Å². The molecular formula is C13H16ClN3O. The Labute approximate surface area is 111 Å². The van der Waals surface area contributed by atoms with Crippen LogP contribution in [-0.2, 0) is 11.3 Å². The van der Waals surface area contributed by atoms with Gasteiger partial charge in [0.25, 0.3) is 0 Å². The highest BCUT2D eigenvalue weighted by atomic mass is 35.5. The molecule has 1 heterocycles. The third-order valence-corrected chi connectivity index (χ3v) is 3.57. The summed E-state index contributed by atoms with van der Waals surface area (Å²) in [6.45, 7) is 2.25. The van der Waals surface area contributed by atoms with Crippen LogP contribution in [0.5, 0.6) is 0 Å². The molecule has 1 saturated carbocycles. The van der Waals surface area contributed by atoms with Gasteiger partial charge in [0.05, 0.1) is 17.1 Å². The molecule has 1 aliphatic carbocycles. The lowest BCUT2D eigenvalue weighted by Crippen LogP contribution is -2.10. The molecule has 96 valence electrons. The monoisotopic (exact) mass is 265 g/mol. The summed E-state index contributed by atoms with van der Waals surface area (Å²) >= 11 is 6.09. The minimum absolute atomic E-state index is 0.494. The number of anilines is 1. The highest BCUT2D eigenvalue weighted by Gasteiger charge is 2.21. The molecule has 1 fully saturated rings. The molecule has 1 aromatic carbocycles. The molecule has 4 nitrogen and oxygen atoms in total. The fraction of sp³-hybridized carbons (Fsp3) is 0.462. The van der Waals surface area contributed by atoms with Crippen molar-refractivity contribution in [3.63, 3.8) is 0 Å². The van der Waals surface area contributed by atoms with Crippen LogP contribution in [0.1, 0.15) is 12.8 Å². The summed E-state index contributed by atoms with van der Waals surface area (Å²) in [7, 11) is 0. The van der Waals surface area contributed by atoms with E-state index in [2.05, 4.69) is 4.98 Å². The number of ether oxygens (including phenoxy) is 1. The average molecular weight is 266 g/mol. The Hall–Kier alpha value is -1.26. The molecule has 0 atom stereocenters. The zero-order valence-electron chi connectivity index (χ0n) is 10.1. The average Bonchev–Trinajstić information content (AvgIpc) is 3.11. The summed E-state index contributed by atoms with van der Waals surface area (Å²) in [5.41, 5.74) is 7.64. The Bertz CT molecular complexity index is 563. The number of benzene rings is 1. The number of hydrogen-bond donors (Lipinski definition) is 1. The second kappa shape index (κ2) is 4.78. The maximum atomic E-state index is 6.09. The largest absolute Gasteiger partial charge is 0.379 e. The number of nitrogen functional groups attached to an aromatic ring is 1. The first-order chi connectivity index (χ1) is 8.75. The molecule has 0 aliphatic heterocycles.